The van der Waals surface area contributed by atoms with E-state index >= 15 is 0 Å². The van der Waals surface area contributed by atoms with E-state index in [0.29, 0.717) is 25.3 Å². The Hall–Kier alpha value is -1.62. The lowest BCUT2D eigenvalue weighted by molar-refractivity contribution is -0.0117. The molecule has 1 saturated heterocycles. The summed E-state index contributed by atoms with van der Waals surface area (Å²) in [5, 5.41) is 0. The zero-order valence-corrected chi connectivity index (χ0v) is 9.44. The molecule has 1 aliphatic heterocycles. The molecule has 5 heteroatoms. The van der Waals surface area contributed by atoms with Gasteiger partial charge in [-0.3, -0.25) is 9.59 Å². The maximum absolute atomic E-state index is 12.3. The fraction of sp³-hybridized carbons (Fsp3) is 0.500. The fourth-order valence-electron chi connectivity index (χ4n) is 2.31. The van der Waals surface area contributed by atoms with E-state index in [0.717, 1.165) is 12.8 Å². The summed E-state index contributed by atoms with van der Waals surface area (Å²) >= 11 is 0. The summed E-state index contributed by atoms with van der Waals surface area (Å²) in [6, 6.07) is 2.96. The van der Waals surface area contributed by atoms with Crippen molar-refractivity contribution in [1.82, 2.24) is 9.88 Å². The summed E-state index contributed by atoms with van der Waals surface area (Å²) in [5.41, 5.74) is 0.285. The van der Waals surface area contributed by atoms with Crippen molar-refractivity contribution in [1.29, 1.82) is 0 Å². The minimum atomic E-state index is -0.190. The number of hydrogen-bond acceptors (Lipinski definition) is 3. The van der Waals surface area contributed by atoms with Crippen LogP contribution >= 0.6 is 0 Å². The molecule has 0 atom stereocenters. The largest absolute Gasteiger partial charge is 0.377 e. The number of morpholine rings is 1. The summed E-state index contributed by atoms with van der Waals surface area (Å²) in [4.78, 5) is 27.7. The normalized spacial score (nSPS) is 21.5. The number of aromatic amines is 1. The number of ether oxygens (including phenoxy) is 1. The van der Waals surface area contributed by atoms with Crippen molar-refractivity contribution in [2.24, 2.45) is 0 Å². The highest BCUT2D eigenvalue weighted by molar-refractivity contribution is 5.94. The van der Waals surface area contributed by atoms with Gasteiger partial charge in [-0.2, -0.15) is 0 Å². The van der Waals surface area contributed by atoms with Crippen LogP contribution in [0.4, 0.5) is 0 Å². The molecule has 2 heterocycles. The number of rotatable bonds is 1. The molecule has 1 N–H and O–H groups in total. The van der Waals surface area contributed by atoms with Crippen LogP contribution in [0.2, 0.25) is 0 Å². The first-order valence-corrected chi connectivity index (χ1v) is 5.80. The lowest BCUT2D eigenvalue weighted by Crippen LogP contribution is -2.50. The van der Waals surface area contributed by atoms with E-state index in [-0.39, 0.29) is 17.0 Å². The van der Waals surface area contributed by atoms with Gasteiger partial charge < -0.3 is 14.6 Å². The van der Waals surface area contributed by atoms with Crippen molar-refractivity contribution >= 4 is 5.91 Å². The predicted octanol–water partition coefficient (Wildman–Crippen LogP) is 0.380. The van der Waals surface area contributed by atoms with Gasteiger partial charge in [-0.05, 0) is 18.9 Å². The second-order valence-electron chi connectivity index (χ2n) is 4.68. The Morgan fingerprint density at radius 2 is 2.24 bits per heavy atom. The lowest BCUT2D eigenvalue weighted by Gasteiger charge is -2.36. The molecule has 1 saturated carbocycles. The minimum absolute atomic E-state index is 0.0120. The van der Waals surface area contributed by atoms with Crippen molar-refractivity contribution in [2.75, 3.05) is 19.8 Å². The molecule has 2 fully saturated rings. The molecule has 2 aliphatic rings. The number of hydrogen-bond donors (Lipinski definition) is 1. The van der Waals surface area contributed by atoms with Gasteiger partial charge >= 0.3 is 0 Å². The molecule has 1 amide bonds. The topological polar surface area (TPSA) is 62.4 Å². The van der Waals surface area contributed by atoms with Gasteiger partial charge in [0.05, 0.1) is 24.3 Å². The maximum Gasteiger partial charge on any atom is 0.255 e. The van der Waals surface area contributed by atoms with Crippen molar-refractivity contribution < 1.29 is 9.53 Å². The van der Waals surface area contributed by atoms with Crippen LogP contribution in [0.25, 0.3) is 0 Å². The highest BCUT2D eigenvalue weighted by atomic mass is 16.5. The van der Waals surface area contributed by atoms with Crippen LogP contribution in [0.15, 0.2) is 23.1 Å². The highest BCUT2D eigenvalue weighted by Gasteiger charge is 2.52. The highest BCUT2D eigenvalue weighted by Crippen LogP contribution is 2.44. The number of nitrogens with zero attached hydrogens (tertiary/aromatic N) is 1. The van der Waals surface area contributed by atoms with Gasteiger partial charge in [-0.1, -0.05) is 0 Å². The molecule has 1 spiro atoms. The van der Waals surface area contributed by atoms with Crippen LogP contribution in [0.5, 0.6) is 0 Å². The second-order valence-corrected chi connectivity index (χ2v) is 4.68. The lowest BCUT2D eigenvalue weighted by atomic mass is 10.1. The first-order chi connectivity index (χ1) is 8.21. The molecule has 3 rings (SSSR count). The number of nitrogens with one attached hydrogen (secondary N) is 1. The standard InChI is InChI=1S/C12H14N2O3/c15-10-2-1-9(7-13-10)11(16)14-5-6-17-8-12(14)3-4-12/h1-2,7H,3-6,8H2,(H,13,15). The third-order valence-electron chi connectivity index (χ3n) is 3.51. The van der Waals surface area contributed by atoms with Crippen LogP contribution in [0.3, 0.4) is 0 Å². The monoisotopic (exact) mass is 234 g/mol. The summed E-state index contributed by atoms with van der Waals surface area (Å²) in [6.07, 6.45) is 3.51. The Morgan fingerprint density at radius 1 is 1.41 bits per heavy atom. The van der Waals surface area contributed by atoms with Crippen molar-refractivity contribution in [3.05, 3.63) is 34.2 Å². The predicted molar refractivity (Wildman–Crippen MR) is 60.9 cm³/mol. The van der Waals surface area contributed by atoms with Gasteiger partial charge in [-0.25, -0.2) is 0 Å². The number of pyridine rings is 1. The summed E-state index contributed by atoms with van der Waals surface area (Å²) in [5.74, 6) is -0.0120. The molecular weight excluding hydrogens is 220 g/mol. The minimum Gasteiger partial charge on any atom is -0.377 e. The van der Waals surface area contributed by atoms with Crippen LogP contribution in [0.1, 0.15) is 23.2 Å². The molecule has 0 bridgehead atoms. The zero-order valence-electron chi connectivity index (χ0n) is 9.44. The Balaban J connectivity index is 1.86. The summed E-state index contributed by atoms with van der Waals surface area (Å²) < 4.78 is 5.43. The number of carbonyl (C=O) groups excluding carboxylic acids is 1. The van der Waals surface area contributed by atoms with Gasteiger partial charge in [0.15, 0.2) is 0 Å². The first kappa shape index (κ1) is 10.5. The smallest absolute Gasteiger partial charge is 0.255 e. The van der Waals surface area contributed by atoms with Crippen LogP contribution in [0, 0.1) is 0 Å². The van der Waals surface area contributed by atoms with E-state index in [4.69, 9.17) is 4.74 Å². The average Bonchev–Trinajstić information content (AvgIpc) is 3.10. The molecular formula is C12H14N2O3. The van der Waals surface area contributed by atoms with Crippen molar-refractivity contribution in [3.63, 3.8) is 0 Å². The second kappa shape index (κ2) is 3.70. The average molecular weight is 234 g/mol. The zero-order chi connectivity index (χ0) is 11.9. The SMILES string of the molecule is O=C(c1ccc(=O)[nH]c1)N1CCOCC12CC2. The number of H-pyrrole nitrogens is 1. The molecule has 5 nitrogen and oxygen atoms in total. The van der Waals surface area contributed by atoms with E-state index in [1.54, 1.807) is 6.07 Å². The van der Waals surface area contributed by atoms with Crippen LogP contribution < -0.4 is 5.56 Å². The van der Waals surface area contributed by atoms with Crippen LogP contribution in [-0.4, -0.2) is 41.1 Å². The number of amides is 1. The maximum atomic E-state index is 12.3. The molecule has 1 aromatic rings. The molecule has 1 aliphatic carbocycles. The Bertz CT molecular complexity index is 484. The van der Waals surface area contributed by atoms with Gasteiger partial charge in [0, 0.05) is 18.8 Å². The van der Waals surface area contributed by atoms with Gasteiger partial charge in [0.2, 0.25) is 5.56 Å². The van der Waals surface area contributed by atoms with Crippen LogP contribution in [-0.2, 0) is 4.74 Å². The van der Waals surface area contributed by atoms with Gasteiger partial charge in [0.1, 0.15) is 0 Å². The summed E-state index contributed by atoms with van der Waals surface area (Å²) in [7, 11) is 0. The molecule has 0 radical (unpaired) electrons. The quantitative estimate of drug-likeness (QED) is 0.764. The van der Waals surface area contributed by atoms with E-state index in [9.17, 15) is 9.59 Å². The Labute approximate surface area is 98.4 Å². The molecule has 0 aromatic carbocycles. The van der Waals surface area contributed by atoms with E-state index in [2.05, 4.69) is 4.98 Å². The number of aromatic nitrogens is 1. The summed E-state index contributed by atoms with van der Waals surface area (Å²) in [6.45, 7) is 1.87. The third-order valence-corrected chi connectivity index (χ3v) is 3.51. The Morgan fingerprint density at radius 3 is 2.88 bits per heavy atom. The van der Waals surface area contributed by atoms with Gasteiger partial charge in [-0.15, -0.1) is 0 Å². The fourth-order valence-corrected chi connectivity index (χ4v) is 2.31. The third kappa shape index (κ3) is 1.76. The first-order valence-electron chi connectivity index (χ1n) is 5.80. The van der Waals surface area contributed by atoms with Crippen molar-refractivity contribution in [2.45, 2.75) is 18.4 Å². The molecule has 17 heavy (non-hydrogen) atoms. The molecule has 90 valence electrons. The van der Waals surface area contributed by atoms with E-state index < -0.39 is 0 Å². The number of carbonyl (C=O) groups is 1. The van der Waals surface area contributed by atoms with E-state index in [1.165, 1.54) is 12.3 Å². The Kier molecular flexibility index (Phi) is 2.29. The molecule has 1 aromatic heterocycles. The molecule has 0 unspecified atom stereocenters. The van der Waals surface area contributed by atoms with E-state index in [1.807, 2.05) is 4.90 Å². The van der Waals surface area contributed by atoms with Gasteiger partial charge in [0.25, 0.3) is 5.91 Å². The van der Waals surface area contributed by atoms with Crippen molar-refractivity contribution in [3.8, 4) is 0 Å².